The van der Waals surface area contributed by atoms with Gasteiger partial charge in [0.15, 0.2) is 5.43 Å². The van der Waals surface area contributed by atoms with E-state index in [9.17, 15) is 14.0 Å². The molecule has 0 spiro atoms. The fraction of sp³-hybridized carbons (Fsp3) is 0.273. The molecule has 7 heteroatoms. The largest absolute Gasteiger partial charge is 0.497 e. The van der Waals surface area contributed by atoms with Crippen molar-refractivity contribution in [3.63, 3.8) is 0 Å². The van der Waals surface area contributed by atoms with E-state index in [0.717, 1.165) is 11.6 Å². The van der Waals surface area contributed by atoms with Crippen LogP contribution in [0.3, 0.4) is 0 Å². The lowest BCUT2D eigenvalue weighted by Gasteiger charge is -2.26. The minimum Gasteiger partial charge on any atom is -0.497 e. The normalized spacial score (nSPS) is 16.0. The quantitative estimate of drug-likeness (QED) is 0.663. The molecule has 0 radical (unpaired) electrons. The van der Waals surface area contributed by atoms with Gasteiger partial charge in [-0.2, -0.15) is 0 Å². The Bertz CT molecular complexity index is 1160. The Labute approximate surface area is 167 Å². The topological polar surface area (TPSA) is 63.0 Å². The van der Waals surface area contributed by atoms with Crippen LogP contribution in [0.25, 0.3) is 11.0 Å². The number of carbonyl (C=O) groups excluding carboxylic acids is 1. The second kappa shape index (κ2) is 7.33. The van der Waals surface area contributed by atoms with Gasteiger partial charge in [0.05, 0.1) is 24.1 Å². The number of nitrogens with zero attached hydrogens (tertiary/aromatic N) is 2. The number of hydrogen-bond acceptors (Lipinski definition) is 5. The molecule has 1 aromatic heterocycles. The highest BCUT2D eigenvalue weighted by atomic mass is 19.1. The fourth-order valence-electron chi connectivity index (χ4n) is 3.69. The first kappa shape index (κ1) is 19.1. The molecule has 1 aliphatic heterocycles. The molecule has 3 aromatic rings. The summed E-state index contributed by atoms with van der Waals surface area (Å²) in [5.74, 6) is -0.248. The van der Waals surface area contributed by atoms with Gasteiger partial charge in [-0.1, -0.05) is 12.1 Å². The van der Waals surface area contributed by atoms with Crippen molar-refractivity contribution >= 4 is 16.9 Å². The van der Waals surface area contributed by atoms with Crippen LogP contribution in [0.15, 0.2) is 51.7 Å². The molecule has 150 valence electrons. The summed E-state index contributed by atoms with van der Waals surface area (Å²) in [7, 11) is 5.38. The Hall–Kier alpha value is -3.19. The second-order valence-corrected chi connectivity index (χ2v) is 7.30. The minimum atomic E-state index is -0.628. The number of carbonyl (C=O) groups is 1. The van der Waals surface area contributed by atoms with Crippen LogP contribution < -0.4 is 10.2 Å². The highest BCUT2D eigenvalue weighted by molar-refractivity contribution is 5.99. The van der Waals surface area contributed by atoms with Crippen LogP contribution in [-0.2, 0) is 0 Å². The first-order valence-electron chi connectivity index (χ1n) is 9.26. The molecule has 0 fully saturated rings. The van der Waals surface area contributed by atoms with Crippen LogP contribution in [0.5, 0.6) is 5.75 Å². The lowest BCUT2D eigenvalue weighted by atomic mass is 9.98. The van der Waals surface area contributed by atoms with Crippen LogP contribution in [0, 0.1) is 5.82 Å². The molecule has 4 rings (SSSR count). The molecule has 6 nitrogen and oxygen atoms in total. The van der Waals surface area contributed by atoms with Crippen LogP contribution >= 0.6 is 0 Å². The van der Waals surface area contributed by atoms with Gasteiger partial charge in [-0.05, 0) is 50.0 Å². The van der Waals surface area contributed by atoms with Gasteiger partial charge in [0.1, 0.15) is 17.1 Å². The third-order valence-electron chi connectivity index (χ3n) is 5.13. The summed E-state index contributed by atoms with van der Waals surface area (Å²) in [6.45, 7) is 1.02. The van der Waals surface area contributed by atoms with Crippen LogP contribution in [0.1, 0.15) is 27.7 Å². The average Bonchev–Trinajstić information content (AvgIpc) is 2.99. The molecule has 2 heterocycles. The highest BCUT2D eigenvalue weighted by Crippen LogP contribution is 2.38. The molecule has 0 N–H and O–H groups in total. The zero-order valence-electron chi connectivity index (χ0n) is 16.4. The maximum absolute atomic E-state index is 13.8. The van der Waals surface area contributed by atoms with Crippen LogP contribution in [0.4, 0.5) is 4.39 Å². The third kappa shape index (κ3) is 3.27. The van der Waals surface area contributed by atoms with E-state index in [-0.39, 0.29) is 28.2 Å². The Balaban J connectivity index is 1.95. The zero-order valence-corrected chi connectivity index (χ0v) is 16.4. The SMILES string of the molecule is COc1cccc(C2c3c(oc4ccc(F)cc4c3=O)C(=O)N2CCN(C)C)c1. The highest BCUT2D eigenvalue weighted by Gasteiger charge is 2.42. The maximum atomic E-state index is 13.8. The average molecular weight is 396 g/mol. The van der Waals surface area contributed by atoms with Crippen molar-refractivity contribution in [1.29, 1.82) is 0 Å². The summed E-state index contributed by atoms with van der Waals surface area (Å²) < 4.78 is 24.9. The number of hydrogen-bond donors (Lipinski definition) is 0. The van der Waals surface area contributed by atoms with Crippen molar-refractivity contribution in [3.05, 3.63) is 75.4 Å². The Morgan fingerprint density at radius 2 is 1.97 bits per heavy atom. The lowest BCUT2D eigenvalue weighted by Crippen LogP contribution is -2.35. The molecule has 2 aromatic carbocycles. The van der Waals surface area contributed by atoms with Crippen molar-refractivity contribution < 1.29 is 18.3 Å². The predicted octanol–water partition coefficient (Wildman–Crippen LogP) is 3.05. The fourth-order valence-corrected chi connectivity index (χ4v) is 3.69. The van der Waals surface area contributed by atoms with Crippen molar-refractivity contribution in [2.24, 2.45) is 0 Å². The summed E-state index contributed by atoms with van der Waals surface area (Å²) >= 11 is 0. The predicted molar refractivity (Wildman–Crippen MR) is 107 cm³/mol. The van der Waals surface area contributed by atoms with Gasteiger partial charge >= 0.3 is 0 Å². The molecule has 1 amide bonds. The van der Waals surface area contributed by atoms with E-state index in [1.165, 1.54) is 12.1 Å². The van der Waals surface area contributed by atoms with Crippen molar-refractivity contribution in [1.82, 2.24) is 9.80 Å². The van der Waals surface area contributed by atoms with E-state index in [2.05, 4.69) is 0 Å². The number of halogens is 1. The summed E-state index contributed by atoms with van der Waals surface area (Å²) in [6, 6.07) is 10.3. The van der Waals surface area contributed by atoms with Gasteiger partial charge in [-0.25, -0.2) is 4.39 Å². The number of benzene rings is 2. The molecule has 1 aliphatic rings. The third-order valence-corrected chi connectivity index (χ3v) is 5.13. The molecule has 0 saturated carbocycles. The first-order chi connectivity index (χ1) is 13.9. The minimum absolute atomic E-state index is 0.0145. The number of ether oxygens (including phenoxy) is 1. The van der Waals surface area contributed by atoms with Gasteiger partial charge < -0.3 is 19.0 Å². The van der Waals surface area contributed by atoms with Crippen LogP contribution in [-0.4, -0.2) is 50.0 Å². The first-order valence-corrected chi connectivity index (χ1v) is 9.26. The van der Waals surface area contributed by atoms with Gasteiger partial charge in [0, 0.05) is 13.1 Å². The van der Waals surface area contributed by atoms with E-state index in [1.807, 2.05) is 31.1 Å². The number of amides is 1. The molecule has 0 aliphatic carbocycles. The van der Waals surface area contributed by atoms with E-state index in [1.54, 1.807) is 24.1 Å². The van der Waals surface area contributed by atoms with E-state index in [4.69, 9.17) is 9.15 Å². The Morgan fingerprint density at radius 3 is 2.69 bits per heavy atom. The molecule has 1 atom stereocenters. The molecule has 1 unspecified atom stereocenters. The Morgan fingerprint density at radius 1 is 1.17 bits per heavy atom. The number of methoxy groups -OCH3 is 1. The summed E-state index contributed by atoms with van der Waals surface area (Å²) in [4.78, 5) is 30.1. The summed E-state index contributed by atoms with van der Waals surface area (Å²) in [5, 5.41) is 0.124. The van der Waals surface area contributed by atoms with Crippen LogP contribution in [0.2, 0.25) is 0 Å². The zero-order chi connectivity index (χ0) is 20.7. The van der Waals surface area contributed by atoms with E-state index >= 15 is 0 Å². The number of fused-ring (bicyclic) bond motifs is 2. The van der Waals surface area contributed by atoms with Gasteiger partial charge in [0.2, 0.25) is 5.76 Å². The molecular formula is C22H21FN2O4. The Kier molecular flexibility index (Phi) is 4.84. The summed E-state index contributed by atoms with van der Waals surface area (Å²) in [6.07, 6.45) is 0. The molecule has 0 saturated heterocycles. The smallest absolute Gasteiger partial charge is 0.290 e. The van der Waals surface area contributed by atoms with Crippen molar-refractivity contribution in [3.8, 4) is 5.75 Å². The number of rotatable bonds is 5. The van der Waals surface area contributed by atoms with Gasteiger partial charge in [0.25, 0.3) is 5.91 Å². The second-order valence-electron chi connectivity index (χ2n) is 7.30. The van der Waals surface area contributed by atoms with Crippen molar-refractivity contribution in [2.45, 2.75) is 6.04 Å². The monoisotopic (exact) mass is 396 g/mol. The standard InChI is InChI=1S/C22H21FN2O4/c1-24(2)9-10-25-19(13-5-4-6-15(11-13)28-3)18-20(26)16-12-14(23)7-8-17(16)29-21(18)22(25)27/h4-8,11-12,19H,9-10H2,1-3H3. The van der Waals surface area contributed by atoms with E-state index < -0.39 is 17.3 Å². The van der Waals surface area contributed by atoms with Crippen molar-refractivity contribution in [2.75, 3.05) is 34.3 Å². The number of likely N-dealkylation sites (N-methyl/N-ethyl adjacent to an activating group) is 1. The lowest BCUT2D eigenvalue weighted by molar-refractivity contribution is 0.0716. The summed E-state index contributed by atoms with van der Waals surface area (Å²) in [5.41, 5.74) is 0.773. The van der Waals surface area contributed by atoms with Gasteiger partial charge in [-0.15, -0.1) is 0 Å². The maximum Gasteiger partial charge on any atom is 0.290 e. The van der Waals surface area contributed by atoms with Gasteiger partial charge in [-0.3, -0.25) is 9.59 Å². The molecular weight excluding hydrogens is 375 g/mol. The molecule has 0 bridgehead atoms. The molecule has 29 heavy (non-hydrogen) atoms. The van der Waals surface area contributed by atoms with E-state index in [0.29, 0.717) is 18.8 Å².